The average Bonchev–Trinajstić information content (AvgIpc) is 2.60. The predicted octanol–water partition coefficient (Wildman–Crippen LogP) is 1.43. The van der Waals surface area contributed by atoms with E-state index >= 15 is 0 Å². The first kappa shape index (κ1) is 16.7. The molecule has 0 saturated carbocycles. The lowest BCUT2D eigenvalue weighted by molar-refractivity contribution is -0.124. The monoisotopic (exact) mass is 328 g/mol. The van der Waals surface area contributed by atoms with Gasteiger partial charge in [-0.3, -0.25) is 14.7 Å². The Kier molecular flexibility index (Phi) is 4.97. The van der Waals surface area contributed by atoms with E-state index in [4.69, 9.17) is 10.5 Å². The largest absolute Gasteiger partial charge is 0.495 e. The van der Waals surface area contributed by atoms with Gasteiger partial charge in [-0.25, -0.2) is 0 Å². The van der Waals surface area contributed by atoms with Gasteiger partial charge in [0.2, 0.25) is 5.91 Å². The van der Waals surface area contributed by atoms with E-state index in [1.165, 1.54) is 0 Å². The van der Waals surface area contributed by atoms with Crippen molar-refractivity contribution in [1.82, 2.24) is 9.88 Å². The second-order valence-electron chi connectivity index (χ2n) is 6.03. The summed E-state index contributed by atoms with van der Waals surface area (Å²) in [7, 11) is 1.59. The minimum Gasteiger partial charge on any atom is -0.495 e. The summed E-state index contributed by atoms with van der Waals surface area (Å²) in [6.07, 6.45) is 4.52. The zero-order chi connectivity index (χ0) is 17.1. The number of hydrogen-bond acceptors (Lipinski definition) is 5. The summed E-state index contributed by atoms with van der Waals surface area (Å²) in [5, 5.41) is 11.6. The molecule has 0 bridgehead atoms. The maximum atomic E-state index is 11.6. The van der Waals surface area contributed by atoms with E-state index in [-0.39, 0.29) is 11.9 Å². The number of carbonyl (C=O) groups is 1. The van der Waals surface area contributed by atoms with Gasteiger partial charge >= 0.3 is 0 Å². The maximum absolute atomic E-state index is 11.6. The van der Waals surface area contributed by atoms with Crippen LogP contribution in [0.4, 0.5) is 0 Å². The fourth-order valence-electron chi connectivity index (χ4n) is 3.23. The number of β-amino-alcohol motifs (C(OH)–C–C–N with tert-alkyl or cyclic N) is 1. The molecule has 2 heterocycles. The molecule has 1 aliphatic heterocycles. The quantitative estimate of drug-likeness (QED) is 0.867. The van der Waals surface area contributed by atoms with Crippen molar-refractivity contribution in [2.24, 2.45) is 5.73 Å². The number of ether oxygens (including phenoxy) is 1. The van der Waals surface area contributed by atoms with Crippen molar-refractivity contribution in [3.05, 3.63) is 42.4 Å². The van der Waals surface area contributed by atoms with Gasteiger partial charge in [0.15, 0.2) is 0 Å². The minimum absolute atomic E-state index is 0.348. The molecule has 1 radical (unpaired) electrons. The number of amides is 1. The molecular weight excluding hydrogens is 306 g/mol. The van der Waals surface area contributed by atoms with Gasteiger partial charge in [0, 0.05) is 11.9 Å². The van der Waals surface area contributed by atoms with Crippen LogP contribution in [0.1, 0.15) is 24.5 Å². The average molecular weight is 328 g/mol. The lowest BCUT2D eigenvalue weighted by Crippen LogP contribution is -2.49. The molecule has 6 nitrogen and oxygen atoms in total. The number of pyridine rings is 1. The Hall–Kier alpha value is -2.18. The summed E-state index contributed by atoms with van der Waals surface area (Å²) in [6.45, 7) is 1.08. The first-order valence-electron chi connectivity index (χ1n) is 8.06. The second-order valence-corrected chi connectivity index (χ2v) is 6.03. The number of aromatic nitrogens is 1. The van der Waals surface area contributed by atoms with E-state index in [0.29, 0.717) is 18.7 Å². The number of aliphatic hydroxyl groups excluding tert-OH is 1. The molecule has 1 saturated heterocycles. The Bertz CT molecular complexity index is 735. The number of benzene rings is 1. The Morgan fingerprint density at radius 3 is 3.12 bits per heavy atom. The van der Waals surface area contributed by atoms with Gasteiger partial charge < -0.3 is 15.6 Å². The number of fused-ring (bicyclic) bond motifs is 1. The van der Waals surface area contributed by atoms with Crippen LogP contribution in [0.15, 0.2) is 30.5 Å². The standard InChI is InChI=1S/C18H22N3O3/c1-24-12-9-14-13(5-4-6-15(14)20-10-12)17(22)11-21-8-3-2-7-16(21)18(19)23/h2,4-6,9-10,16-17,22H,3,7-8,11H2,1H3,(H2,19,23). The Morgan fingerprint density at radius 1 is 1.54 bits per heavy atom. The number of methoxy groups -OCH3 is 1. The molecule has 127 valence electrons. The van der Waals surface area contributed by atoms with Gasteiger partial charge in [-0.15, -0.1) is 0 Å². The smallest absolute Gasteiger partial charge is 0.234 e. The van der Waals surface area contributed by atoms with Gasteiger partial charge in [-0.1, -0.05) is 12.1 Å². The molecule has 2 atom stereocenters. The third-order valence-corrected chi connectivity index (χ3v) is 4.52. The number of carbonyl (C=O) groups excluding carboxylic acids is 1. The molecule has 24 heavy (non-hydrogen) atoms. The number of hydrogen-bond donors (Lipinski definition) is 2. The van der Waals surface area contributed by atoms with Crippen LogP contribution in [0, 0.1) is 6.42 Å². The minimum atomic E-state index is -0.734. The van der Waals surface area contributed by atoms with Gasteiger partial charge in [-0.05, 0) is 43.5 Å². The van der Waals surface area contributed by atoms with Crippen molar-refractivity contribution in [2.45, 2.75) is 25.0 Å². The van der Waals surface area contributed by atoms with E-state index in [0.717, 1.165) is 29.4 Å². The van der Waals surface area contributed by atoms with Crippen molar-refractivity contribution in [3.63, 3.8) is 0 Å². The number of primary amides is 1. The fraction of sp³-hybridized carbons (Fsp3) is 0.389. The number of aliphatic hydroxyl groups is 1. The SMILES string of the molecule is COc1cnc2cccc(C(O)CN3CC[CH]CC3C(N)=O)c2c1. The topological polar surface area (TPSA) is 88.7 Å². The number of nitrogens with zero attached hydrogens (tertiary/aromatic N) is 2. The molecule has 3 N–H and O–H groups in total. The highest BCUT2D eigenvalue weighted by atomic mass is 16.5. The molecule has 1 fully saturated rings. The van der Waals surface area contributed by atoms with Crippen LogP contribution in [0.2, 0.25) is 0 Å². The Labute approximate surface area is 141 Å². The summed E-state index contributed by atoms with van der Waals surface area (Å²) in [5.41, 5.74) is 7.06. The summed E-state index contributed by atoms with van der Waals surface area (Å²) in [4.78, 5) is 17.9. The van der Waals surface area contributed by atoms with E-state index in [9.17, 15) is 9.90 Å². The van der Waals surface area contributed by atoms with Crippen LogP contribution >= 0.6 is 0 Å². The molecule has 2 unspecified atom stereocenters. The molecule has 3 rings (SSSR count). The van der Waals surface area contributed by atoms with E-state index in [1.807, 2.05) is 29.2 Å². The zero-order valence-corrected chi connectivity index (χ0v) is 13.7. The van der Waals surface area contributed by atoms with Crippen molar-refractivity contribution >= 4 is 16.8 Å². The van der Waals surface area contributed by atoms with Crippen LogP contribution in [0.25, 0.3) is 10.9 Å². The zero-order valence-electron chi connectivity index (χ0n) is 13.7. The van der Waals surface area contributed by atoms with Gasteiger partial charge in [0.05, 0.1) is 31.0 Å². The van der Waals surface area contributed by atoms with E-state index < -0.39 is 6.10 Å². The lowest BCUT2D eigenvalue weighted by atomic mass is 9.98. The molecule has 0 aliphatic carbocycles. The van der Waals surface area contributed by atoms with Crippen LogP contribution < -0.4 is 10.5 Å². The normalized spacial score (nSPS) is 20.0. The maximum Gasteiger partial charge on any atom is 0.234 e. The molecule has 1 aromatic carbocycles. The van der Waals surface area contributed by atoms with Crippen LogP contribution in [0.5, 0.6) is 5.75 Å². The van der Waals surface area contributed by atoms with Crippen LogP contribution in [-0.4, -0.2) is 47.1 Å². The summed E-state index contributed by atoms with van der Waals surface area (Å²) in [5.74, 6) is 0.296. The molecule has 1 aromatic heterocycles. The Balaban J connectivity index is 1.87. The summed E-state index contributed by atoms with van der Waals surface area (Å²) in [6, 6.07) is 7.17. The molecule has 2 aromatic rings. The first-order valence-corrected chi connectivity index (χ1v) is 8.06. The number of likely N-dealkylation sites (tertiary alicyclic amines) is 1. The lowest BCUT2D eigenvalue weighted by Gasteiger charge is -2.35. The van der Waals surface area contributed by atoms with Crippen LogP contribution in [0.3, 0.4) is 0 Å². The summed E-state index contributed by atoms with van der Waals surface area (Å²) >= 11 is 0. The van der Waals surface area contributed by atoms with Gasteiger partial charge in [0.1, 0.15) is 5.75 Å². The van der Waals surface area contributed by atoms with Gasteiger partial charge in [-0.2, -0.15) is 0 Å². The number of rotatable bonds is 5. The molecule has 1 aliphatic rings. The first-order chi connectivity index (χ1) is 11.6. The van der Waals surface area contributed by atoms with E-state index in [1.54, 1.807) is 13.3 Å². The molecule has 0 spiro atoms. The van der Waals surface area contributed by atoms with Crippen LogP contribution in [-0.2, 0) is 4.79 Å². The second kappa shape index (κ2) is 7.15. The molecule has 6 heteroatoms. The highest BCUT2D eigenvalue weighted by molar-refractivity contribution is 5.83. The molecular formula is C18H22N3O3. The molecule has 1 amide bonds. The van der Waals surface area contributed by atoms with Gasteiger partial charge in [0.25, 0.3) is 0 Å². The highest BCUT2D eigenvalue weighted by Crippen LogP contribution is 2.28. The summed E-state index contributed by atoms with van der Waals surface area (Å²) < 4.78 is 5.24. The number of piperidine rings is 1. The van der Waals surface area contributed by atoms with Crippen molar-refractivity contribution in [1.29, 1.82) is 0 Å². The Morgan fingerprint density at radius 2 is 2.38 bits per heavy atom. The third-order valence-electron chi connectivity index (χ3n) is 4.52. The van der Waals surface area contributed by atoms with E-state index in [2.05, 4.69) is 11.4 Å². The van der Waals surface area contributed by atoms with Crippen molar-refractivity contribution in [3.8, 4) is 5.75 Å². The highest BCUT2D eigenvalue weighted by Gasteiger charge is 2.29. The van der Waals surface area contributed by atoms with Crippen molar-refractivity contribution < 1.29 is 14.6 Å². The number of nitrogens with two attached hydrogens (primary N) is 1. The third kappa shape index (κ3) is 3.34. The fourth-order valence-corrected chi connectivity index (χ4v) is 3.23. The van der Waals surface area contributed by atoms with Crippen molar-refractivity contribution in [2.75, 3.05) is 20.2 Å². The predicted molar refractivity (Wildman–Crippen MR) is 91.3 cm³/mol.